The molecule has 0 aromatic heterocycles. The predicted molar refractivity (Wildman–Crippen MR) is 425 cm³/mol. The van der Waals surface area contributed by atoms with Crippen molar-refractivity contribution in [3.05, 3.63) is 281 Å². The lowest BCUT2D eigenvalue weighted by atomic mass is 10.1. The Morgan fingerprint density at radius 2 is 0.575 bits per heavy atom. The van der Waals surface area contributed by atoms with Crippen molar-refractivity contribution in [1.82, 2.24) is 0 Å². The number of carboxylic acids is 1. The second kappa shape index (κ2) is 54.0. The highest BCUT2D eigenvalue weighted by Gasteiger charge is 2.16. The van der Waals surface area contributed by atoms with Crippen molar-refractivity contribution in [1.29, 1.82) is 0 Å². The van der Waals surface area contributed by atoms with Crippen molar-refractivity contribution in [3.63, 3.8) is 0 Å². The topological polar surface area (TPSA) is 391 Å². The summed E-state index contributed by atoms with van der Waals surface area (Å²) >= 11 is 0. The summed E-state index contributed by atoms with van der Waals surface area (Å²) in [6.07, 6.45) is -0.466. The second-order valence-electron chi connectivity index (χ2n) is 22.5. The maximum Gasteiger partial charge on any atom is 0.313 e. The number of phenolic OH excluding ortho intramolecular Hbond substituents is 3. The van der Waals surface area contributed by atoms with Crippen LogP contribution in [0, 0.1) is 0 Å². The van der Waals surface area contributed by atoms with Gasteiger partial charge in [-0.15, -0.1) is 12.4 Å². The molecule has 598 valence electrons. The minimum Gasteiger partial charge on any atom is -0.508 e. The van der Waals surface area contributed by atoms with Crippen LogP contribution in [0.4, 0.5) is 0 Å². The first-order valence-corrected chi connectivity index (χ1v) is 33.7. The summed E-state index contributed by atoms with van der Waals surface area (Å²) in [7, 11) is 12.5. The standard InChI is InChI=1S/C27H28N2O6.C26H26N2O6.C11H13NO4.C10H10O4.C8H8O2.CH5NO.ClH/c1-31-27(30)17-25(28-32-2)22-11-15-24(16-12-22)34-18-20-9-13-23(14-10-20)35-19-26(29-33-3)21-7-5-4-6-8-21;1-31-27-24(16-26(29)30)21-10-14-23(15-11-21)33-17-19-8-12-22(13-9-19)34-18-25(28-32-2)20-6-4-3-5-7-20;1-15-11(14)7-10(12-16-2)8-3-5-9(13)6-4-8;1-14-10(13)6-9(12)7-2-4-8(11)5-3-7;1-6(9)7-2-4-8(10)5-3-7;1-3-2;/h4-16H,17-19H2,1-3H3;3-15H,16-18H2,1-2H3,(H,29,30);3-6,13H,7H2,1-2H3;2-5,11H,6H2,1H3;2-5,10H,1H3;2H2,1H3;1H/b28-25-,29-26+;27-24-,28-25+;12-10-;;;;. The van der Waals surface area contributed by atoms with Gasteiger partial charge in [0.25, 0.3) is 0 Å². The highest BCUT2D eigenvalue weighted by Crippen LogP contribution is 2.22. The molecule has 0 spiro atoms. The number of benzene rings is 9. The van der Waals surface area contributed by atoms with E-state index in [0.717, 1.165) is 27.8 Å². The zero-order chi connectivity index (χ0) is 81.8. The second-order valence-corrected chi connectivity index (χ2v) is 22.5. The summed E-state index contributed by atoms with van der Waals surface area (Å²) in [5.41, 5.74) is 9.61. The number of oxime groups is 5. The molecule has 9 rings (SSSR count). The van der Waals surface area contributed by atoms with Crippen LogP contribution >= 0.6 is 12.4 Å². The van der Waals surface area contributed by atoms with Gasteiger partial charge in [-0.1, -0.05) is 111 Å². The van der Waals surface area contributed by atoms with Crippen LogP contribution in [-0.4, -0.2) is 162 Å². The highest BCUT2D eigenvalue weighted by molar-refractivity contribution is 6.11. The van der Waals surface area contributed by atoms with Gasteiger partial charge >= 0.3 is 23.9 Å². The molecular weight excluding hydrogens is 1480 g/mol. The Bertz CT molecular complexity index is 4460. The number of carbonyl (C=O) groups is 6. The predicted octanol–water partition coefficient (Wildman–Crippen LogP) is 13.1. The summed E-state index contributed by atoms with van der Waals surface area (Å²) in [4.78, 5) is 94.4. The number of methoxy groups -OCH3 is 3. The van der Waals surface area contributed by atoms with E-state index in [1.54, 1.807) is 48.5 Å². The molecule has 0 saturated carbocycles. The summed E-state index contributed by atoms with van der Waals surface area (Å²) in [6, 6.07) is 67.2. The third kappa shape index (κ3) is 36.9. The maximum absolute atomic E-state index is 11.6. The number of carbonyl (C=O) groups excluding carboxylic acids is 5. The molecule has 30 heteroatoms. The normalized spacial score (nSPS) is 10.8. The van der Waals surface area contributed by atoms with Crippen LogP contribution in [0.5, 0.6) is 40.2 Å². The largest absolute Gasteiger partial charge is 0.508 e. The van der Waals surface area contributed by atoms with Gasteiger partial charge in [0.15, 0.2) is 11.6 Å². The van der Waals surface area contributed by atoms with Crippen molar-refractivity contribution in [2.75, 3.05) is 77.2 Å². The fraction of sp³-hybridized carbons (Fsp3) is 0.217. The summed E-state index contributed by atoms with van der Waals surface area (Å²) < 4.78 is 37.1. The zero-order valence-electron chi connectivity index (χ0n) is 63.9. The molecule has 0 unspecified atom stereocenters. The van der Waals surface area contributed by atoms with E-state index < -0.39 is 23.9 Å². The van der Waals surface area contributed by atoms with Gasteiger partial charge in [0.2, 0.25) is 0 Å². The molecule has 0 aliphatic heterocycles. The van der Waals surface area contributed by atoms with Gasteiger partial charge in [-0.3, -0.25) is 28.8 Å². The fourth-order valence-corrected chi connectivity index (χ4v) is 9.05. The first-order valence-electron chi connectivity index (χ1n) is 33.7. The Kier molecular flexibility index (Phi) is 44.7. The van der Waals surface area contributed by atoms with Crippen LogP contribution in [0.3, 0.4) is 0 Å². The van der Waals surface area contributed by atoms with Crippen molar-refractivity contribution >= 4 is 76.4 Å². The van der Waals surface area contributed by atoms with Gasteiger partial charge in [-0.25, -0.2) is 5.90 Å². The number of esters is 3. The maximum atomic E-state index is 11.6. The van der Waals surface area contributed by atoms with Gasteiger partial charge in [0.1, 0.15) is 120 Å². The van der Waals surface area contributed by atoms with E-state index in [-0.39, 0.29) is 80.1 Å². The van der Waals surface area contributed by atoms with Gasteiger partial charge in [-0.05, 0) is 164 Å². The number of hydrogen-bond donors (Lipinski definition) is 5. The molecule has 0 saturated heterocycles. The van der Waals surface area contributed by atoms with Gasteiger partial charge < -0.3 is 82.6 Å². The van der Waals surface area contributed by atoms with Crippen LogP contribution in [0.15, 0.2) is 256 Å². The molecule has 0 heterocycles. The number of nitrogens with zero attached hydrogens (tertiary/aromatic N) is 5. The minimum atomic E-state index is -0.981. The zero-order valence-corrected chi connectivity index (χ0v) is 64.7. The van der Waals surface area contributed by atoms with Gasteiger partial charge in [0, 0.05) is 38.9 Å². The molecule has 0 amide bonds. The third-order valence-corrected chi connectivity index (χ3v) is 14.6. The van der Waals surface area contributed by atoms with Crippen LogP contribution < -0.4 is 24.8 Å². The first kappa shape index (κ1) is 93.6. The van der Waals surface area contributed by atoms with Crippen molar-refractivity contribution in [2.24, 2.45) is 31.7 Å². The van der Waals surface area contributed by atoms with E-state index in [1.807, 2.05) is 133 Å². The molecule has 6 N–H and O–H groups in total. The van der Waals surface area contributed by atoms with Gasteiger partial charge in [0.05, 0.1) is 64.8 Å². The Morgan fingerprint density at radius 3 is 0.876 bits per heavy atom. The lowest BCUT2D eigenvalue weighted by Crippen LogP contribution is -2.13. The molecule has 0 atom stereocenters. The molecule has 113 heavy (non-hydrogen) atoms. The molecule has 9 aromatic carbocycles. The molecule has 0 fully saturated rings. The fourth-order valence-electron chi connectivity index (χ4n) is 9.05. The van der Waals surface area contributed by atoms with Crippen LogP contribution in [0.2, 0.25) is 0 Å². The average molecular weight is 1580 g/mol. The third-order valence-electron chi connectivity index (χ3n) is 14.6. The Balaban J connectivity index is 0.000000389. The average Bonchev–Trinajstić information content (AvgIpc) is 0.841. The number of halogens is 1. The van der Waals surface area contributed by atoms with Crippen molar-refractivity contribution in [3.8, 4) is 40.2 Å². The van der Waals surface area contributed by atoms with E-state index in [2.05, 4.69) is 50.8 Å². The number of Topliss-reactive ketones (excluding diaryl/α,β-unsaturated/α-hetero) is 2. The van der Waals surface area contributed by atoms with E-state index in [1.165, 1.54) is 119 Å². The number of nitrogens with two attached hydrogens (primary N) is 1. The smallest absolute Gasteiger partial charge is 0.313 e. The Labute approximate surface area is 660 Å². The number of phenols is 3. The molecule has 0 bridgehead atoms. The van der Waals surface area contributed by atoms with Crippen LogP contribution in [-0.2, 0) is 75.6 Å². The van der Waals surface area contributed by atoms with Crippen molar-refractivity contribution < 1.29 is 111 Å². The summed E-state index contributed by atoms with van der Waals surface area (Å²) in [6.45, 7) is 2.81. The Morgan fingerprint density at radius 1 is 0.319 bits per heavy atom. The van der Waals surface area contributed by atoms with E-state index in [9.17, 15) is 28.8 Å². The number of aromatic hydroxyl groups is 3. The molecule has 0 radical (unpaired) electrons. The quantitative estimate of drug-likeness (QED) is 0.00653. The molecule has 29 nitrogen and oxygen atoms in total. The minimum absolute atomic E-state index is 0. The van der Waals surface area contributed by atoms with Gasteiger partial charge in [-0.2, -0.15) is 0 Å². The number of ketones is 2. The molecule has 0 aliphatic rings. The lowest BCUT2D eigenvalue weighted by Gasteiger charge is -2.11. The monoisotopic (exact) mass is 1570 g/mol. The number of aliphatic carboxylic acids is 1. The van der Waals surface area contributed by atoms with E-state index >= 15 is 0 Å². The highest BCUT2D eigenvalue weighted by atomic mass is 35.5. The van der Waals surface area contributed by atoms with Crippen molar-refractivity contribution in [2.45, 2.75) is 45.8 Å². The number of hydrogen-bond acceptors (Lipinski definition) is 28. The Hall–Kier alpha value is -13.6. The summed E-state index contributed by atoms with van der Waals surface area (Å²) in [5.74, 6) is 4.88. The summed E-state index contributed by atoms with van der Waals surface area (Å²) in [5, 5.41) is 55.5. The number of carboxylic acid groups (broad SMARTS) is 1. The molecule has 0 aliphatic carbocycles. The SMILES string of the molecule is CC(=O)c1ccc(O)cc1.CO/N=C(/CC(=O)OC)c1ccc(O)cc1.CO/N=C(\COc1ccc(COc2ccc(/C(CC(=O)O)=N\OC)cc2)cc1)c1ccccc1.CO/N=C(\COc1ccc(COc2ccc(/C(CC(=O)OC)=N\OC)cc2)cc1)c1ccccc1.COC(=O)CC(=O)c1ccc(O)cc1.CON.Cl. The molecular formula is C83H91ClN6O23. The molecule has 9 aromatic rings. The lowest BCUT2D eigenvalue weighted by molar-refractivity contribution is -0.140. The number of ether oxygens (including phenoxy) is 7. The number of rotatable bonds is 32. The first-order chi connectivity index (χ1) is 54.1. The van der Waals surface area contributed by atoms with Crippen LogP contribution in [0.1, 0.15) is 92.3 Å². The van der Waals surface area contributed by atoms with E-state index in [4.69, 9.17) is 63.5 Å². The van der Waals surface area contributed by atoms with E-state index in [0.29, 0.717) is 87.0 Å². The van der Waals surface area contributed by atoms with Crippen LogP contribution in [0.25, 0.3) is 0 Å².